The number of hydrogen-bond acceptors (Lipinski definition) is 3. The lowest BCUT2D eigenvalue weighted by molar-refractivity contribution is 0.340. The van der Waals surface area contributed by atoms with Gasteiger partial charge in [0.25, 0.3) is 0 Å². The summed E-state index contributed by atoms with van der Waals surface area (Å²) in [5.74, 6) is 1.96. The highest BCUT2D eigenvalue weighted by atomic mass is 16.5. The summed E-state index contributed by atoms with van der Waals surface area (Å²) in [6.45, 7) is 6.43. The zero-order chi connectivity index (χ0) is 14.7. The molecule has 1 aliphatic heterocycles. The molecule has 2 aromatic carbocycles. The summed E-state index contributed by atoms with van der Waals surface area (Å²) in [4.78, 5) is 0. The Morgan fingerprint density at radius 3 is 2.90 bits per heavy atom. The zero-order valence-corrected chi connectivity index (χ0v) is 12.6. The first-order valence-corrected chi connectivity index (χ1v) is 7.48. The van der Waals surface area contributed by atoms with E-state index >= 15 is 0 Å². The molecule has 0 radical (unpaired) electrons. The molecule has 2 aromatic rings. The average Bonchev–Trinajstić information content (AvgIpc) is 2.94. The van der Waals surface area contributed by atoms with Crippen LogP contribution in [0.25, 0.3) is 0 Å². The number of hydrogen-bond donors (Lipinski definition) is 1. The van der Waals surface area contributed by atoms with Gasteiger partial charge in [0.05, 0.1) is 13.2 Å². The monoisotopic (exact) mass is 283 g/mol. The predicted octanol–water partition coefficient (Wildman–Crippen LogP) is 3.94. The zero-order valence-electron chi connectivity index (χ0n) is 12.6. The lowest BCUT2D eigenvalue weighted by Crippen LogP contribution is -2.02. The number of aryl methyl sites for hydroxylation is 1. The molecule has 0 unspecified atom stereocenters. The summed E-state index contributed by atoms with van der Waals surface area (Å²) >= 11 is 0. The Balaban J connectivity index is 1.67. The fraction of sp³-hybridized carbons (Fsp3) is 0.333. The average molecular weight is 283 g/mol. The largest absolute Gasteiger partial charge is 0.494 e. The molecule has 0 aromatic heterocycles. The molecule has 0 saturated carbocycles. The standard InChI is InChI=1S/C18H21NO2/c1-3-20-16-5-6-17(13(2)10-16)19-12-14-4-7-18-15(11-14)8-9-21-18/h4-7,10-11,19H,3,8-9,12H2,1-2H3. The molecule has 1 N–H and O–H groups in total. The second-order valence-corrected chi connectivity index (χ2v) is 5.30. The minimum absolute atomic E-state index is 0.698. The summed E-state index contributed by atoms with van der Waals surface area (Å²) < 4.78 is 11.1. The first-order chi connectivity index (χ1) is 10.3. The molecule has 0 saturated heterocycles. The highest BCUT2D eigenvalue weighted by molar-refractivity contribution is 5.54. The number of anilines is 1. The van der Waals surface area contributed by atoms with Crippen LogP contribution in [-0.2, 0) is 13.0 Å². The van der Waals surface area contributed by atoms with Crippen LogP contribution in [0.5, 0.6) is 11.5 Å². The third kappa shape index (κ3) is 3.13. The quantitative estimate of drug-likeness (QED) is 0.901. The van der Waals surface area contributed by atoms with Crippen molar-refractivity contribution in [3.8, 4) is 11.5 Å². The molecule has 0 aliphatic carbocycles. The molecule has 1 aliphatic rings. The van der Waals surface area contributed by atoms with Crippen LogP contribution in [0.3, 0.4) is 0 Å². The van der Waals surface area contributed by atoms with Gasteiger partial charge in [0.2, 0.25) is 0 Å². The smallest absolute Gasteiger partial charge is 0.122 e. The Kier molecular flexibility index (Phi) is 4.00. The normalized spacial score (nSPS) is 12.7. The molecule has 3 nitrogen and oxygen atoms in total. The van der Waals surface area contributed by atoms with E-state index in [1.807, 2.05) is 13.0 Å². The van der Waals surface area contributed by atoms with E-state index in [0.29, 0.717) is 6.61 Å². The van der Waals surface area contributed by atoms with Crippen LogP contribution in [0.2, 0.25) is 0 Å². The van der Waals surface area contributed by atoms with Gasteiger partial charge < -0.3 is 14.8 Å². The topological polar surface area (TPSA) is 30.5 Å². The van der Waals surface area contributed by atoms with Crippen molar-refractivity contribution in [2.24, 2.45) is 0 Å². The molecule has 3 rings (SSSR count). The van der Waals surface area contributed by atoms with Gasteiger partial charge in [0.15, 0.2) is 0 Å². The SMILES string of the molecule is CCOc1ccc(NCc2ccc3c(c2)CCO3)c(C)c1. The lowest BCUT2D eigenvalue weighted by Gasteiger charge is -2.12. The number of ether oxygens (including phenoxy) is 2. The number of nitrogens with one attached hydrogen (secondary N) is 1. The molecule has 3 heteroatoms. The lowest BCUT2D eigenvalue weighted by atomic mass is 10.1. The molecule has 0 bridgehead atoms. The fourth-order valence-electron chi connectivity index (χ4n) is 2.64. The van der Waals surface area contributed by atoms with Crippen molar-refractivity contribution >= 4 is 5.69 Å². The summed E-state index contributed by atoms with van der Waals surface area (Å²) in [7, 11) is 0. The number of benzene rings is 2. The first-order valence-electron chi connectivity index (χ1n) is 7.48. The maximum atomic E-state index is 5.54. The Labute approximate surface area is 125 Å². The highest BCUT2D eigenvalue weighted by Crippen LogP contribution is 2.27. The second kappa shape index (κ2) is 6.08. The Bertz CT molecular complexity index is 637. The van der Waals surface area contributed by atoms with Crippen molar-refractivity contribution in [1.82, 2.24) is 0 Å². The van der Waals surface area contributed by atoms with Gasteiger partial charge >= 0.3 is 0 Å². The van der Waals surface area contributed by atoms with E-state index in [0.717, 1.165) is 36.8 Å². The fourth-order valence-corrected chi connectivity index (χ4v) is 2.64. The summed E-state index contributed by atoms with van der Waals surface area (Å²) in [5, 5.41) is 3.49. The maximum Gasteiger partial charge on any atom is 0.122 e. The van der Waals surface area contributed by atoms with E-state index < -0.39 is 0 Å². The van der Waals surface area contributed by atoms with E-state index in [9.17, 15) is 0 Å². The van der Waals surface area contributed by atoms with Gasteiger partial charge in [-0.05, 0) is 54.8 Å². The molecule has 0 fully saturated rings. The minimum atomic E-state index is 0.698. The van der Waals surface area contributed by atoms with Gasteiger partial charge in [-0.25, -0.2) is 0 Å². The summed E-state index contributed by atoms with van der Waals surface area (Å²) in [6.07, 6.45) is 1.02. The van der Waals surface area contributed by atoms with E-state index in [1.54, 1.807) is 0 Å². The Morgan fingerprint density at radius 1 is 1.19 bits per heavy atom. The van der Waals surface area contributed by atoms with Crippen molar-refractivity contribution in [2.75, 3.05) is 18.5 Å². The predicted molar refractivity (Wildman–Crippen MR) is 85.3 cm³/mol. The van der Waals surface area contributed by atoms with Gasteiger partial charge in [-0.15, -0.1) is 0 Å². The molecule has 0 spiro atoms. The van der Waals surface area contributed by atoms with Crippen LogP contribution in [0, 0.1) is 6.92 Å². The molecular formula is C18H21NO2. The van der Waals surface area contributed by atoms with E-state index in [4.69, 9.17) is 9.47 Å². The van der Waals surface area contributed by atoms with Gasteiger partial charge in [-0.3, -0.25) is 0 Å². The second-order valence-electron chi connectivity index (χ2n) is 5.30. The van der Waals surface area contributed by atoms with E-state index in [2.05, 4.69) is 42.6 Å². The minimum Gasteiger partial charge on any atom is -0.494 e. The van der Waals surface area contributed by atoms with Crippen LogP contribution in [-0.4, -0.2) is 13.2 Å². The van der Waals surface area contributed by atoms with Crippen molar-refractivity contribution in [3.05, 3.63) is 53.1 Å². The van der Waals surface area contributed by atoms with E-state index in [-0.39, 0.29) is 0 Å². The van der Waals surface area contributed by atoms with Crippen molar-refractivity contribution in [3.63, 3.8) is 0 Å². The third-order valence-electron chi connectivity index (χ3n) is 3.75. The van der Waals surface area contributed by atoms with Crippen LogP contribution in [0.1, 0.15) is 23.6 Å². The van der Waals surface area contributed by atoms with Crippen LogP contribution >= 0.6 is 0 Å². The third-order valence-corrected chi connectivity index (χ3v) is 3.75. The van der Waals surface area contributed by atoms with Gasteiger partial charge in [0.1, 0.15) is 11.5 Å². The van der Waals surface area contributed by atoms with E-state index in [1.165, 1.54) is 16.7 Å². The summed E-state index contributed by atoms with van der Waals surface area (Å²) in [5.41, 5.74) is 4.95. The van der Waals surface area contributed by atoms with Crippen LogP contribution in [0.15, 0.2) is 36.4 Å². The van der Waals surface area contributed by atoms with Crippen molar-refractivity contribution in [2.45, 2.75) is 26.8 Å². The molecule has 21 heavy (non-hydrogen) atoms. The van der Waals surface area contributed by atoms with Gasteiger partial charge in [0, 0.05) is 18.7 Å². The Hall–Kier alpha value is -2.16. The number of fused-ring (bicyclic) bond motifs is 1. The first kappa shape index (κ1) is 13.8. The van der Waals surface area contributed by atoms with Crippen molar-refractivity contribution in [1.29, 1.82) is 0 Å². The van der Waals surface area contributed by atoms with Crippen molar-refractivity contribution < 1.29 is 9.47 Å². The molecule has 110 valence electrons. The highest BCUT2D eigenvalue weighted by Gasteiger charge is 2.11. The van der Waals surface area contributed by atoms with Crippen LogP contribution in [0.4, 0.5) is 5.69 Å². The molecule has 0 amide bonds. The molecule has 1 heterocycles. The maximum absolute atomic E-state index is 5.54. The summed E-state index contributed by atoms with van der Waals surface area (Å²) in [6, 6.07) is 12.6. The molecule has 0 atom stereocenters. The Morgan fingerprint density at radius 2 is 2.10 bits per heavy atom. The molecular weight excluding hydrogens is 262 g/mol. The van der Waals surface area contributed by atoms with Gasteiger partial charge in [-0.1, -0.05) is 12.1 Å². The van der Waals surface area contributed by atoms with Crippen LogP contribution < -0.4 is 14.8 Å². The number of rotatable bonds is 5. The van der Waals surface area contributed by atoms with Gasteiger partial charge in [-0.2, -0.15) is 0 Å².